The van der Waals surface area contributed by atoms with Crippen molar-refractivity contribution in [3.8, 4) is 0 Å². The first-order valence-electron chi connectivity index (χ1n) is 7.22. The molecule has 16 nitrogen and oxygen atoms in total. The molecule has 1 aromatic rings. The van der Waals surface area contributed by atoms with Gasteiger partial charge in [-0.05, 0) is 0 Å². The molecule has 2 rings (SSSR count). The fraction of sp³-hybridized carbons (Fsp3) is 0.556. The Morgan fingerprint density at radius 3 is 2.31 bits per heavy atom. The molecule has 20 heteroatoms. The van der Waals surface area contributed by atoms with Crippen molar-refractivity contribution in [2.45, 2.75) is 23.7 Å². The highest BCUT2D eigenvalue weighted by molar-refractivity contribution is 7.81. The van der Waals surface area contributed by atoms with Crippen LogP contribution < -0.4 is 11.2 Å². The van der Waals surface area contributed by atoms with E-state index in [4.69, 9.17) is 19.4 Å². The maximum Gasteiger partial charge on any atom is 0.490 e. The number of thiol groups is 1. The molecule has 6 atom stereocenters. The summed E-state index contributed by atoms with van der Waals surface area (Å²) in [6.07, 6.45) is -3.04. The third kappa shape index (κ3) is 6.94. The van der Waals surface area contributed by atoms with Crippen LogP contribution in [0.1, 0.15) is 6.23 Å². The summed E-state index contributed by atoms with van der Waals surface area (Å²) in [7, 11) is -16.7. The van der Waals surface area contributed by atoms with Gasteiger partial charge in [0.15, 0.2) is 6.23 Å². The maximum atomic E-state index is 11.8. The lowest BCUT2D eigenvalue weighted by Gasteiger charge is -2.19. The number of H-pyrrole nitrogens is 1. The standard InChI is InChI=1S/C9H15N2O14P3S/c12-5-1-2-11(9(14)10-5)8-7(29)6(13)4(23-8)3-22-27(18,19)25-28(20,21)24-26(15,16)17/h1-2,4,6-8,13,29H,3H2,(H,18,19)(H,20,21)(H,10,12,14)(H2,15,16,17)/t4-,6+,7-,8-/m1/s1. The van der Waals surface area contributed by atoms with E-state index < -0.39 is 65.0 Å². The number of rotatable bonds is 8. The number of aliphatic hydroxyl groups is 1. The molecule has 0 saturated carbocycles. The van der Waals surface area contributed by atoms with Crippen LogP contribution in [-0.4, -0.2) is 58.3 Å². The van der Waals surface area contributed by atoms with Gasteiger partial charge in [0.25, 0.3) is 5.56 Å². The zero-order chi connectivity index (χ0) is 22.2. The molecule has 0 amide bonds. The number of nitrogens with zero attached hydrogens (tertiary/aromatic N) is 1. The predicted molar refractivity (Wildman–Crippen MR) is 93.8 cm³/mol. The van der Waals surface area contributed by atoms with E-state index in [2.05, 4.69) is 25.8 Å². The van der Waals surface area contributed by atoms with E-state index in [1.54, 1.807) is 0 Å². The third-order valence-corrected chi connectivity index (χ3v) is 7.64. The molecule has 1 saturated heterocycles. The van der Waals surface area contributed by atoms with Crippen molar-refractivity contribution in [3.05, 3.63) is 33.1 Å². The van der Waals surface area contributed by atoms with Gasteiger partial charge in [-0.1, -0.05) is 0 Å². The molecule has 2 unspecified atom stereocenters. The molecule has 2 heterocycles. The Bertz CT molecular complexity index is 1000. The SMILES string of the molecule is O=c1ccn([C@@H]2O[C@H](COP(=O)(O)OP(=O)(O)OP(=O)(O)O)[C@H](O)[C@H]2S)c(=O)[nH]1. The van der Waals surface area contributed by atoms with Gasteiger partial charge in [0.1, 0.15) is 6.10 Å². The molecular formula is C9H15N2O14P3S. The fourth-order valence-corrected chi connectivity index (χ4v) is 5.63. The van der Waals surface area contributed by atoms with Gasteiger partial charge < -0.3 is 29.4 Å². The lowest BCUT2D eigenvalue weighted by Crippen LogP contribution is -2.35. The van der Waals surface area contributed by atoms with Crippen LogP contribution in [0.2, 0.25) is 0 Å². The summed E-state index contributed by atoms with van der Waals surface area (Å²) in [5, 5.41) is 9.04. The van der Waals surface area contributed by atoms with Crippen molar-refractivity contribution in [3.63, 3.8) is 0 Å². The van der Waals surface area contributed by atoms with E-state index in [9.17, 15) is 33.3 Å². The summed E-state index contributed by atoms with van der Waals surface area (Å²) >= 11 is 4.07. The fourth-order valence-electron chi connectivity index (χ4n) is 2.20. The van der Waals surface area contributed by atoms with Gasteiger partial charge in [0, 0.05) is 12.3 Å². The second kappa shape index (κ2) is 8.85. The quantitative estimate of drug-likeness (QED) is 0.158. The Morgan fingerprint density at radius 1 is 1.14 bits per heavy atom. The lowest BCUT2D eigenvalue weighted by molar-refractivity contribution is -0.0447. The number of aromatic amines is 1. The molecule has 29 heavy (non-hydrogen) atoms. The predicted octanol–water partition coefficient (Wildman–Crippen LogP) is -1.56. The van der Waals surface area contributed by atoms with Gasteiger partial charge >= 0.3 is 29.2 Å². The van der Waals surface area contributed by atoms with Crippen molar-refractivity contribution in [2.75, 3.05) is 6.61 Å². The second-order valence-electron chi connectivity index (χ2n) is 5.45. The van der Waals surface area contributed by atoms with Crippen molar-refractivity contribution in [1.82, 2.24) is 9.55 Å². The molecule has 0 radical (unpaired) electrons. The Balaban J connectivity index is 2.06. The van der Waals surface area contributed by atoms with Crippen LogP contribution in [0.4, 0.5) is 0 Å². The van der Waals surface area contributed by atoms with E-state index in [0.29, 0.717) is 0 Å². The number of ether oxygens (including phenoxy) is 1. The van der Waals surface area contributed by atoms with E-state index >= 15 is 0 Å². The Labute approximate surface area is 165 Å². The van der Waals surface area contributed by atoms with Crippen LogP contribution >= 0.6 is 36.1 Å². The van der Waals surface area contributed by atoms with Gasteiger partial charge in [-0.2, -0.15) is 21.3 Å². The van der Waals surface area contributed by atoms with Gasteiger partial charge in [0.05, 0.1) is 18.0 Å². The van der Waals surface area contributed by atoms with Crippen LogP contribution in [0.3, 0.4) is 0 Å². The molecule has 0 aromatic carbocycles. The normalized spacial score (nSPS) is 29.3. The minimum absolute atomic E-state index is 0.690. The molecule has 1 aliphatic heterocycles. The Hall–Kier alpha value is -0.640. The largest absolute Gasteiger partial charge is 0.490 e. The van der Waals surface area contributed by atoms with E-state index in [-0.39, 0.29) is 0 Å². The minimum Gasteiger partial charge on any atom is -0.389 e. The van der Waals surface area contributed by atoms with Crippen molar-refractivity contribution in [2.24, 2.45) is 0 Å². The smallest absolute Gasteiger partial charge is 0.389 e. The van der Waals surface area contributed by atoms with Crippen LogP contribution in [0, 0.1) is 0 Å². The third-order valence-electron chi connectivity index (χ3n) is 3.28. The topological polar surface area (TPSA) is 244 Å². The number of phosphoric acid groups is 3. The van der Waals surface area contributed by atoms with Gasteiger partial charge in [0.2, 0.25) is 0 Å². The molecule has 6 N–H and O–H groups in total. The molecular weight excluding hydrogens is 485 g/mol. The molecule has 1 aromatic heterocycles. The number of aromatic nitrogens is 2. The molecule has 0 spiro atoms. The van der Waals surface area contributed by atoms with Crippen LogP contribution in [0.25, 0.3) is 0 Å². The number of aliphatic hydroxyl groups excluding tert-OH is 1. The first kappa shape index (κ1) is 24.6. The Morgan fingerprint density at radius 2 is 1.76 bits per heavy atom. The summed E-state index contributed by atoms with van der Waals surface area (Å²) in [6, 6.07) is 0.997. The zero-order valence-corrected chi connectivity index (χ0v) is 17.4. The molecule has 1 fully saturated rings. The van der Waals surface area contributed by atoms with Crippen LogP contribution in [-0.2, 0) is 31.6 Å². The highest BCUT2D eigenvalue weighted by Gasteiger charge is 2.46. The number of nitrogens with one attached hydrogen (secondary N) is 1. The second-order valence-corrected chi connectivity index (χ2v) is 10.5. The number of hydrogen-bond acceptors (Lipinski definition) is 11. The summed E-state index contributed by atoms with van der Waals surface area (Å²) < 4.78 is 51.2. The van der Waals surface area contributed by atoms with Crippen molar-refractivity contribution >= 4 is 36.1 Å². The van der Waals surface area contributed by atoms with Crippen molar-refractivity contribution in [1.29, 1.82) is 0 Å². The monoisotopic (exact) mass is 500 g/mol. The minimum atomic E-state index is -5.69. The highest BCUT2D eigenvalue weighted by atomic mass is 32.1. The van der Waals surface area contributed by atoms with Gasteiger partial charge in [-0.15, -0.1) is 0 Å². The molecule has 0 bridgehead atoms. The summed E-state index contributed by atoms with van der Waals surface area (Å²) in [6.45, 7) is -0.934. The van der Waals surface area contributed by atoms with Crippen molar-refractivity contribution < 1.29 is 56.3 Å². The first-order valence-corrected chi connectivity index (χ1v) is 12.3. The first-order chi connectivity index (χ1) is 13.1. The van der Waals surface area contributed by atoms with Crippen LogP contribution in [0.15, 0.2) is 21.9 Å². The molecule has 1 aliphatic rings. The van der Waals surface area contributed by atoms with Crippen LogP contribution in [0.5, 0.6) is 0 Å². The Kier molecular flexibility index (Phi) is 7.51. The summed E-state index contributed by atoms with van der Waals surface area (Å²) in [4.78, 5) is 60.2. The average Bonchev–Trinajstić information content (AvgIpc) is 2.78. The van der Waals surface area contributed by atoms with Gasteiger partial charge in [-0.25, -0.2) is 18.5 Å². The van der Waals surface area contributed by atoms with Gasteiger partial charge in [-0.3, -0.25) is 18.9 Å². The highest BCUT2D eigenvalue weighted by Crippen LogP contribution is 2.66. The van der Waals surface area contributed by atoms with E-state index in [1.807, 2.05) is 4.98 Å². The zero-order valence-electron chi connectivity index (χ0n) is 13.8. The number of phosphoric ester groups is 1. The summed E-state index contributed by atoms with van der Waals surface area (Å²) in [5.41, 5.74) is -1.58. The van der Waals surface area contributed by atoms with E-state index in [0.717, 1.165) is 16.8 Å². The number of hydrogen-bond donors (Lipinski definition) is 7. The van der Waals surface area contributed by atoms with E-state index in [1.165, 1.54) is 0 Å². The summed E-state index contributed by atoms with van der Waals surface area (Å²) in [5.74, 6) is 0. The molecule has 0 aliphatic carbocycles. The average molecular weight is 500 g/mol. The maximum absolute atomic E-state index is 11.8. The lowest BCUT2D eigenvalue weighted by atomic mass is 10.2. The molecule has 166 valence electrons.